The number of pyridine rings is 1. The maximum atomic E-state index is 12.7. The largest absolute Gasteiger partial charge is 0.494 e. The number of aromatic nitrogens is 1. The highest BCUT2D eigenvalue weighted by atomic mass is 16.3. The van der Waals surface area contributed by atoms with Gasteiger partial charge in [-0.25, -0.2) is 4.57 Å². The zero-order chi connectivity index (χ0) is 16.0. The quantitative estimate of drug-likeness (QED) is 0.549. The fraction of sp³-hybridized carbons (Fsp3) is 0. The monoisotopic (exact) mass is 305 g/mol. The third-order valence-corrected chi connectivity index (χ3v) is 3.75. The summed E-state index contributed by atoms with van der Waals surface area (Å²) in [7, 11) is 0. The number of hydrogen-bond donors (Lipinski definition) is 1. The second kappa shape index (κ2) is 4.84. The summed E-state index contributed by atoms with van der Waals surface area (Å²) < 4.78 is 6.74. The van der Waals surface area contributed by atoms with Gasteiger partial charge in [0.15, 0.2) is 5.88 Å². The van der Waals surface area contributed by atoms with Crippen LogP contribution in [0.2, 0.25) is 0 Å². The number of nitrogens with zero attached hydrogens (tertiary/aromatic N) is 1. The van der Waals surface area contributed by atoms with E-state index in [-0.39, 0.29) is 22.3 Å². The van der Waals surface area contributed by atoms with E-state index in [2.05, 4.69) is 0 Å². The molecule has 0 spiro atoms. The van der Waals surface area contributed by atoms with Crippen LogP contribution in [0.4, 0.5) is 0 Å². The Kier molecular flexibility index (Phi) is 2.81. The summed E-state index contributed by atoms with van der Waals surface area (Å²) in [6.07, 6.45) is 0. The normalized spacial score (nSPS) is 11.1. The van der Waals surface area contributed by atoms with Crippen LogP contribution in [0.3, 0.4) is 0 Å². The summed E-state index contributed by atoms with van der Waals surface area (Å²) in [5.74, 6) is -0.309. The maximum absolute atomic E-state index is 12.7. The molecule has 0 saturated carbocycles. The van der Waals surface area contributed by atoms with Crippen molar-refractivity contribution in [1.82, 2.24) is 4.57 Å². The molecule has 0 aliphatic heterocycles. The first kappa shape index (κ1) is 13.3. The van der Waals surface area contributed by atoms with Crippen LogP contribution >= 0.6 is 0 Å². The van der Waals surface area contributed by atoms with Crippen LogP contribution < -0.4 is 11.0 Å². The summed E-state index contributed by atoms with van der Waals surface area (Å²) in [6, 6.07) is 16.7. The molecule has 0 amide bonds. The summed E-state index contributed by atoms with van der Waals surface area (Å²) in [5.41, 5.74) is -0.154. The Labute approximate surface area is 129 Å². The molecule has 5 nitrogen and oxygen atoms in total. The van der Waals surface area contributed by atoms with Crippen molar-refractivity contribution in [3.63, 3.8) is 0 Å². The second-order valence-corrected chi connectivity index (χ2v) is 5.15. The lowest BCUT2D eigenvalue weighted by Gasteiger charge is -2.09. The number of para-hydroxylation sites is 2. The van der Waals surface area contributed by atoms with Gasteiger partial charge in [0.05, 0.1) is 16.5 Å². The lowest BCUT2D eigenvalue weighted by atomic mass is 10.1. The van der Waals surface area contributed by atoms with Gasteiger partial charge >= 0.3 is 5.56 Å². The predicted molar refractivity (Wildman–Crippen MR) is 87.3 cm³/mol. The van der Waals surface area contributed by atoms with Gasteiger partial charge in [-0.3, -0.25) is 9.59 Å². The van der Waals surface area contributed by atoms with E-state index in [4.69, 9.17) is 4.42 Å². The highest BCUT2D eigenvalue weighted by Crippen LogP contribution is 2.21. The van der Waals surface area contributed by atoms with Crippen molar-refractivity contribution in [1.29, 1.82) is 0 Å². The van der Waals surface area contributed by atoms with Crippen molar-refractivity contribution in [3.8, 4) is 11.6 Å². The van der Waals surface area contributed by atoms with Crippen molar-refractivity contribution in [2.24, 2.45) is 0 Å². The van der Waals surface area contributed by atoms with E-state index in [0.717, 1.165) is 4.57 Å². The molecule has 0 aliphatic carbocycles. The van der Waals surface area contributed by atoms with Crippen molar-refractivity contribution in [2.45, 2.75) is 0 Å². The van der Waals surface area contributed by atoms with Crippen LogP contribution in [0.15, 0.2) is 74.7 Å². The van der Waals surface area contributed by atoms with Gasteiger partial charge in [0.2, 0.25) is 11.0 Å². The van der Waals surface area contributed by atoms with Gasteiger partial charge in [0.25, 0.3) is 0 Å². The molecule has 4 aromatic rings. The number of aromatic hydroxyl groups is 1. The highest BCUT2D eigenvalue weighted by Gasteiger charge is 2.16. The molecule has 23 heavy (non-hydrogen) atoms. The Morgan fingerprint density at radius 2 is 1.57 bits per heavy atom. The van der Waals surface area contributed by atoms with E-state index >= 15 is 0 Å². The first-order chi connectivity index (χ1) is 11.2. The van der Waals surface area contributed by atoms with E-state index in [9.17, 15) is 14.7 Å². The highest BCUT2D eigenvalue weighted by molar-refractivity contribution is 5.89. The van der Waals surface area contributed by atoms with Crippen LogP contribution in [-0.4, -0.2) is 9.67 Å². The molecule has 4 rings (SSSR count). The van der Waals surface area contributed by atoms with E-state index in [1.165, 1.54) is 6.07 Å². The summed E-state index contributed by atoms with van der Waals surface area (Å²) in [4.78, 5) is 25.2. The molecule has 2 heterocycles. The predicted octanol–water partition coefficient (Wildman–Crippen LogP) is 2.80. The van der Waals surface area contributed by atoms with Gasteiger partial charge in [-0.05, 0) is 24.3 Å². The molecule has 0 bridgehead atoms. The molecule has 0 saturated heterocycles. The van der Waals surface area contributed by atoms with Gasteiger partial charge in [-0.15, -0.1) is 0 Å². The minimum Gasteiger partial charge on any atom is -0.494 e. The fourth-order valence-electron chi connectivity index (χ4n) is 2.67. The first-order valence-electron chi connectivity index (χ1n) is 7.03. The molecule has 2 aromatic carbocycles. The Balaban J connectivity index is 2.19. The summed E-state index contributed by atoms with van der Waals surface area (Å²) in [5, 5.41) is 10.7. The number of hydrogen-bond acceptors (Lipinski definition) is 4. The lowest BCUT2D eigenvalue weighted by molar-refractivity contribution is 0.435. The third kappa shape index (κ3) is 1.94. The Bertz CT molecular complexity index is 1160. The molecular weight excluding hydrogens is 294 g/mol. The zero-order valence-electron chi connectivity index (χ0n) is 11.9. The molecule has 2 aromatic heterocycles. The molecule has 0 radical (unpaired) electrons. The average Bonchev–Trinajstić information content (AvgIpc) is 2.57. The van der Waals surface area contributed by atoms with Crippen LogP contribution in [0.1, 0.15) is 0 Å². The minimum atomic E-state index is -0.575. The standard InChI is InChI=1S/C18H11NO4/c20-15-10-13-16(21)12-8-4-5-9-14(12)23-17(13)18(22)19(15)11-6-2-1-3-7-11/h1-10,20H. The van der Waals surface area contributed by atoms with Crippen molar-refractivity contribution >= 4 is 21.9 Å². The number of rotatable bonds is 1. The molecule has 112 valence electrons. The minimum absolute atomic E-state index is 0.0679. The van der Waals surface area contributed by atoms with Crippen molar-refractivity contribution < 1.29 is 9.52 Å². The third-order valence-electron chi connectivity index (χ3n) is 3.75. The smallest absolute Gasteiger partial charge is 0.301 e. The van der Waals surface area contributed by atoms with E-state index < -0.39 is 5.56 Å². The van der Waals surface area contributed by atoms with Crippen LogP contribution in [0.25, 0.3) is 27.6 Å². The number of fused-ring (bicyclic) bond motifs is 2. The molecule has 0 unspecified atom stereocenters. The van der Waals surface area contributed by atoms with Crippen LogP contribution in [0.5, 0.6) is 5.88 Å². The van der Waals surface area contributed by atoms with Crippen LogP contribution in [-0.2, 0) is 0 Å². The topological polar surface area (TPSA) is 72.4 Å². The second-order valence-electron chi connectivity index (χ2n) is 5.15. The van der Waals surface area contributed by atoms with Gasteiger partial charge < -0.3 is 9.52 Å². The molecule has 0 atom stereocenters. The SMILES string of the molecule is O=c1c2ccccc2oc2c(=O)n(-c3ccccc3)c(O)cc12. The number of benzene rings is 2. The van der Waals surface area contributed by atoms with E-state index in [1.54, 1.807) is 54.6 Å². The zero-order valence-corrected chi connectivity index (χ0v) is 11.9. The van der Waals surface area contributed by atoms with Gasteiger partial charge in [-0.2, -0.15) is 0 Å². The fourth-order valence-corrected chi connectivity index (χ4v) is 2.67. The first-order valence-corrected chi connectivity index (χ1v) is 7.03. The molecule has 0 aliphatic rings. The summed E-state index contributed by atoms with van der Waals surface area (Å²) in [6.45, 7) is 0. The van der Waals surface area contributed by atoms with Crippen molar-refractivity contribution in [2.75, 3.05) is 0 Å². The average molecular weight is 305 g/mol. The van der Waals surface area contributed by atoms with E-state index in [0.29, 0.717) is 16.7 Å². The van der Waals surface area contributed by atoms with Crippen molar-refractivity contribution in [3.05, 3.63) is 81.2 Å². The van der Waals surface area contributed by atoms with Gasteiger partial charge in [-0.1, -0.05) is 30.3 Å². The van der Waals surface area contributed by atoms with Gasteiger partial charge in [0.1, 0.15) is 5.58 Å². The molecule has 5 heteroatoms. The Hall–Kier alpha value is -3.34. The Morgan fingerprint density at radius 1 is 0.870 bits per heavy atom. The van der Waals surface area contributed by atoms with Crippen LogP contribution in [0, 0.1) is 0 Å². The molecule has 0 fully saturated rings. The maximum Gasteiger partial charge on any atom is 0.301 e. The molecular formula is C18H11NO4. The summed E-state index contributed by atoms with van der Waals surface area (Å²) >= 11 is 0. The van der Waals surface area contributed by atoms with E-state index in [1.807, 2.05) is 0 Å². The molecule has 1 N–H and O–H groups in total. The lowest BCUT2D eigenvalue weighted by Crippen LogP contribution is -2.20. The Morgan fingerprint density at radius 3 is 2.35 bits per heavy atom. The van der Waals surface area contributed by atoms with Gasteiger partial charge in [0, 0.05) is 6.07 Å².